The first kappa shape index (κ1) is 22.7. The maximum atomic E-state index is 11.9. The molecule has 2 amide bonds. The van der Waals surface area contributed by atoms with Crippen molar-refractivity contribution in [3.8, 4) is 5.75 Å². The highest BCUT2D eigenvalue weighted by Crippen LogP contribution is 2.30. The highest BCUT2D eigenvalue weighted by atomic mass is 32.2. The van der Waals surface area contributed by atoms with Crippen LogP contribution in [0.5, 0.6) is 5.75 Å². The maximum Gasteiger partial charge on any atom is 0.407 e. The van der Waals surface area contributed by atoms with Gasteiger partial charge in [0.15, 0.2) is 0 Å². The summed E-state index contributed by atoms with van der Waals surface area (Å²) in [6, 6.07) is 12.4. The van der Waals surface area contributed by atoms with Gasteiger partial charge in [-0.2, -0.15) is 0 Å². The van der Waals surface area contributed by atoms with Crippen LogP contribution in [0.4, 0.5) is 10.5 Å². The van der Waals surface area contributed by atoms with E-state index in [1.165, 1.54) is 4.90 Å². The van der Waals surface area contributed by atoms with Crippen molar-refractivity contribution in [3.63, 3.8) is 0 Å². The quantitative estimate of drug-likeness (QED) is 0.595. The van der Waals surface area contributed by atoms with E-state index in [2.05, 4.69) is 10.0 Å². The topological polar surface area (TPSA) is 125 Å². The van der Waals surface area contributed by atoms with Gasteiger partial charge >= 0.3 is 6.09 Å². The molecule has 0 fully saturated rings. The fourth-order valence-corrected chi connectivity index (χ4v) is 4.63. The second-order valence-corrected chi connectivity index (χ2v) is 9.84. The molecule has 2 aromatic carbocycles. The van der Waals surface area contributed by atoms with E-state index >= 15 is 0 Å². The third-order valence-electron chi connectivity index (χ3n) is 5.73. The molecule has 2 aromatic rings. The lowest BCUT2D eigenvalue weighted by Crippen LogP contribution is -2.30. The van der Waals surface area contributed by atoms with E-state index in [9.17, 15) is 23.1 Å². The van der Waals surface area contributed by atoms with Crippen LogP contribution in [0.15, 0.2) is 48.0 Å². The second kappa shape index (κ2) is 9.14. The summed E-state index contributed by atoms with van der Waals surface area (Å²) in [7, 11) is -3.38. The van der Waals surface area contributed by atoms with Crippen LogP contribution in [0.2, 0.25) is 0 Å². The molecule has 0 radical (unpaired) electrons. The smallest absolute Gasteiger partial charge is 0.407 e. The molecule has 0 bridgehead atoms. The number of nitrogens with one attached hydrogen (secondary N) is 2. The summed E-state index contributed by atoms with van der Waals surface area (Å²) in [6.07, 6.45) is 1.15. The van der Waals surface area contributed by atoms with Crippen molar-refractivity contribution in [1.29, 1.82) is 0 Å². The molecule has 0 unspecified atom stereocenters. The summed E-state index contributed by atoms with van der Waals surface area (Å²) < 4.78 is 31.4. The Labute approximate surface area is 192 Å². The Hall–Kier alpha value is -3.53. The number of amides is 2. The number of hydrogen-bond acceptors (Lipinski definition) is 5. The van der Waals surface area contributed by atoms with Crippen LogP contribution in [0.3, 0.4) is 0 Å². The second-order valence-electron chi connectivity index (χ2n) is 8.09. The monoisotopic (exact) mass is 471 g/mol. The van der Waals surface area contributed by atoms with Crippen LogP contribution < -0.4 is 14.8 Å². The maximum absolute atomic E-state index is 11.9. The van der Waals surface area contributed by atoms with Crippen LogP contribution in [0.1, 0.15) is 34.3 Å². The zero-order valence-electron chi connectivity index (χ0n) is 18.1. The first-order valence-electron chi connectivity index (χ1n) is 10.5. The Bertz CT molecular complexity index is 1220. The molecule has 2 heterocycles. The standard InChI is InChI=1S/C23H25N3O6S/c1-33(30,31)25-18-5-2-15(3-6-18)20-9-11-26(23(28)29)10-8-17(20)14-32-19-7-4-16-13-24-22(27)21(16)12-19/h2-7,12,25H,8-11,13-14H2,1H3,(H,24,27)(H,28,29). The van der Waals surface area contributed by atoms with Gasteiger partial charge < -0.3 is 20.1 Å². The van der Waals surface area contributed by atoms with Gasteiger partial charge in [-0.3, -0.25) is 9.52 Å². The number of nitrogens with zero attached hydrogens (tertiary/aromatic N) is 1. The molecule has 9 nitrogen and oxygen atoms in total. The van der Waals surface area contributed by atoms with Crippen molar-refractivity contribution in [1.82, 2.24) is 10.2 Å². The molecule has 0 spiro atoms. The predicted molar refractivity (Wildman–Crippen MR) is 124 cm³/mol. The van der Waals surface area contributed by atoms with E-state index in [4.69, 9.17) is 4.74 Å². The average Bonchev–Trinajstić information content (AvgIpc) is 2.99. The number of carbonyl (C=O) groups is 2. The summed E-state index contributed by atoms with van der Waals surface area (Å²) >= 11 is 0. The minimum absolute atomic E-state index is 0.121. The number of hydrogen-bond donors (Lipinski definition) is 3. The molecule has 0 saturated carbocycles. The average molecular weight is 472 g/mol. The SMILES string of the molecule is CS(=O)(=O)Nc1ccc(C2=C(COc3ccc4c(c3)C(=O)NC4)CCN(C(=O)O)CC2)cc1. The highest BCUT2D eigenvalue weighted by molar-refractivity contribution is 7.92. The summed E-state index contributed by atoms with van der Waals surface area (Å²) in [5, 5.41) is 12.2. The fourth-order valence-electron chi connectivity index (χ4n) is 4.06. The largest absolute Gasteiger partial charge is 0.489 e. The van der Waals surface area contributed by atoms with Gasteiger partial charge in [-0.25, -0.2) is 13.2 Å². The van der Waals surface area contributed by atoms with E-state index in [0.717, 1.165) is 28.5 Å². The summed E-state index contributed by atoms with van der Waals surface area (Å²) in [6.45, 7) is 1.49. The Kier molecular flexibility index (Phi) is 6.28. The van der Waals surface area contributed by atoms with Crippen molar-refractivity contribution in [2.24, 2.45) is 0 Å². The lowest BCUT2D eigenvalue weighted by atomic mass is 9.96. The van der Waals surface area contributed by atoms with Gasteiger partial charge in [0.05, 0.1) is 6.26 Å². The molecule has 2 aliphatic rings. The van der Waals surface area contributed by atoms with Crippen molar-refractivity contribution < 1.29 is 27.9 Å². The molecule has 0 atom stereocenters. The molecule has 33 heavy (non-hydrogen) atoms. The number of benzene rings is 2. The van der Waals surface area contributed by atoms with Crippen LogP contribution >= 0.6 is 0 Å². The summed E-state index contributed by atoms with van der Waals surface area (Å²) in [4.78, 5) is 24.8. The third-order valence-corrected chi connectivity index (χ3v) is 6.33. The van der Waals surface area contributed by atoms with Gasteiger partial charge in [0.2, 0.25) is 10.0 Å². The normalized spacial score (nSPS) is 16.2. The zero-order valence-corrected chi connectivity index (χ0v) is 18.9. The highest BCUT2D eigenvalue weighted by Gasteiger charge is 2.22. The minimum Gasteiger partial charge on any atom is -0.489 e. The van der Waals surface area contributed by atoms with E-state index in [1.54, 1.807) is 18.2 Å². The number of anilines is 1. The minimum atomic E-state index is -3.38. The molecule has 0 aliphatic carbocycles. The molecule has 174 valence electrons. The molecule has 0 saturated heterocycles. The Morgan fingerprint density at radius 1 is 1.15 bits per heavy atom. The van der Waals surface area contributed by atoms with Gasteiger partial charge in [0.1, 0.15) is 12.4 Å². The number of fused-ring (bicyclic) bond motifs is 1. The van der Waals surface area contributed by atoms with E-state index in [1.807, 2.05) is 24.3 Å². The summed E-state index contributed by atoms with van der Waals surface area (Å²) in [5.74, 6) is 0.453. The van der Waals surface area contributed by atoms with E-state index in [-0.39, 0.29) is 12.5 Å². The number of sulfonamides is 1. The van der Waals surface area contributed by atoms with Crippen molar-refractivity contribution in [2.45, 2.75) is 19.4 Å². The van der Waals surface area contributed by atoms with Crippen LogP contribution in [-0.2, 0) is 16.6 Å². The van der Waals surface area contributed by atoms with Crippen LogP contribution in [0.25, 0.3) is 5.57 Å². The summed E-state index contributed by atoms with van der Waals surface area (Å²) in [5.41, 5.74) is 4.82. The number of ether oxygens (including phenoxy) is 1. The first-order valence-corrected chi connectivity index (χ1v) is 12.4. The number of carbonyl (C=O) groups excluding carboxylic acids is 1. The van der Waals surface area contributed by atoms with Crippen molar-refractivity contribution in [2.75, 3.05) is 30.7 Å². The van der Waals surface area contributed by atoms with Gasteiger partial charge in [0.25, 0.3) is 5.91 Å². The molecule has 2 aliphatic heterocycles. The van der Waals surface area contributed by atoms with E-state index in [0.29, 0.717) is 49.5 Å². The number of carboxylic acid groups (broad SMARTS) is 1. The van der Waals surface area contributed by atoms with Gasteiger partial charge in [-0.05, 0) is 59.4 Å². The van der Waals surface area contributed by atoms with E-state index < -0.39 is 16.1 Å². The van der Waals surface area contributed by atoms with Gasteiger partial charge in [-0.15, -0.1) is 0 Å². The first-order chi connectivity index (χ1) is 15.7. The van der Waals surface area contributed by atoms with Gasteiger partial charge in [0, 0.05) is 30.9 Å². The Morgan fingerprint density at radius 2 is 1.88 bits per heavy atom. The third kappa shape index (κ3) is 5.46. The van der Waals surface area contributed by atoms with Crippen molar-refractivity contribution >= 4 is 33.3 Å². The lowest BCUT2D eigenvalue weighted by Gasteiger charge is -2.16. The predicted octanol–water partition coefficient (Wildman–Crippen LogP) is 2.91. The molecule has 3 N–H and O–H groups in total. The Morgan fingerprint density at radius 3 is 2.58 bits per heavy atom. The number of rotatable bonds is 6. The lowest BCUT2D eigenvalue weighted by molar-refractivity contribution is 0.0965. The van der Waals surface area contributed by atoms with Crippen LogP contribution in [0, 0.1) is 0 Å². The molecule has 4 rings (SSSR count). The van der Waals surface area contributed by atoms with Crippen molar-refractivity contribution in [3.05, 3.63) is 64.7 Å². The molecule has 10 heteroatoms. The zero-order chi connectivity index (χ0) is 23.6. The van der Waals surface area contributed by atoms with Crippen LogP contribution in [-0.4, -0.2) is 56.4 Å². The molecular weight excluding hydrogens is 446 g/mol. The Balaban J connectivity index is 1.58. The molecular formula is C23H25N3O6S. The fraction of sp³-hybridized carbons (Fsp3) is 0.304. The van der Waals surface area contributed by atoms with Gasteiger partial charge in [-0.1, -0.05) is 18.2 Å². The molecule has 0 aromatic heterocycles.